The fourth-order valence-electron chi connectivity index (χ4n) is 4.20. The molecule has 2 atom stereocenters. The first-order valence-corrected chi connectivity index (χ1v) is 12.4. The molecule has 1 aliphatic rings. The molecule has 0 radical (unpaired) electrons. The number of amides is 1. The van der Waals surface area contributed by atoms with Crippen molar-refractivity contribution in [1.29, 1.82) is 0 Å². The normalized spacial score (nSPS) is 16.3. The van der Waals surface area contributed by atoms with E-state index in [-0.39, 0.29) is 31.7 Å². The summed E-state index contributed by atoms with van der Waals surface area (Å²) in [6, 6.07) is 9.93. The zero-order chi connectivity index (χ0) is 23.6. The van der Waals surface area contributed by atoms with Gasteiger partial charge in [0, 0.05) is 18.0 Å². The fraction of sp³-hybridized carbons (Fsp3) is 0.500. The average molecular weight is 471 g/mol. The number of aryl methyl sites for hydroxylation is 1. The van der Waals surface area contributed by atoms with Gasteiger partial charge in [-0.3, -0.25) is 9.69 Å². The number of carbonyl (C=O) groups is 1. The molecule has 0 saturated carbocycles. The van der Waals surface area contributed by atoms with Gasteiger partial charge >= 0.3 is 0 Å². The number of aliphatic hydroxyl groups is 1. The van der Waals surface area contributed by atoms with Crippen LogP contribution < -0.4 is 4.74 Å². The summed E-state index contributed by atoms with van der Waals surface area (Å²) in [4.78, 5) is 18.7. The molecule has 0 fully saturated rings. The Bertz CT molecular complexity index is 938. The molecule has 0 spiro atoms. The van der Waals surface area contributed by atoms with Crippen molar-refractivity contribution in [3.05, 3.63) is 51.7 Å². The smallest absolute Gasteiger partial charge is 0.237 e. The number of para-hydroxylation sites is 1. The Morgan fingerprint density at radius 3 is 2.97 bits per heavy atom. The molecule has 1 amide bonds. The minimum Gasteiger partial charge on any atom is -0.491 e. The van der Waals surface area contributed by atoms with Crippen LogP contribution in [0.4, 0.5) is 0 Å². The first-order valence-electron chi connectivity index (χ1n) is 11.5. The highest BCUT2D eigenvalue weighted by Gasteiger charge is 2.33. The van der Waals surface area contributed by atoms with Crippen LogP contribution in [0.3, 0.4) is 0 Å². The van der Waals surface area contributed by atoms with Gasteiger partial charge in [-0.25, -0.2) is 0 Å². The predicted molar refractivity (Wildman–Crippen MR) is 132 cm³/mol. The number of terminal acetylenes is 1. The summed E-state index contributed by atoms with van der Waals surface area (Å²) in [5, 5.41) is 12.4. The summed E-state index contributed by atoms with van der Waals surface area (Å²) in [6.45, 7) is 6.84. The molecule has 2 heterocycles. The summed E-state index contributed by atoms with van der Waals surface area (Å²) in [5.74, 6) is 3.29. The van der Waals surface area contributed by atoms with E-state index in [0.29, 0.717) is 19.7 Å². The van der Waals surface area contributed by atoms with E-state index in [1.54, 1.807) is 11.3 Å². The summed E-state index contributed by atoms with van der Waals surface area (Å²) >= 11 is 1.74. The lowest BCUT2D eigenvalue weighted by molar-refractivity contribution is -0.136. The highest BCUT2D eigenvalue weighted by molar-refractivity contribution is 7.10. The van der Waals surface area contributed by atoms with E-state index in [1.807, 2.05) is 41.0 Å². The number of nitrogens with zero attached hydrogens (tertiary/aromatic N) is 2. The van der Waals surface area contributed by atoms with E-state index in [4.69, 9.17) is 15.9 Å². The van der Waals surface area contributed by atoms with Gasteiger partial charge in [0.25, 0.3) is 0 Å². The van der Waals surface area contributed by atoms with Crippen LogP contribution in [0.5, 0.6) is 5.75 Å². The number of thiophene rings is 1. The van der Waals surface area contributed by atoms with E-state index in [9.17, 15) is 9.90 Å². The second-order valence-electron chi connectivity index (χ2n) is 8.34. The average Bonchev–Trinajstić information content (AvgIpc) is 3.28. The SMILES string of the molecule is C#CCOC[C@@H](O)CN(CCC)CC(=O)N1CCc2sccc2[C@H]1COc1ccccc1C. The lowest BCUT2D eigenvalue weighted by Crippen LogP contribution is -2.48. The van der Waals surface area contributed by atoms with Crippen LogP contribution in [0.25, 0.3) is 0 Å². The van der Waals surface area contributed by atoms with Gasteiger partial charge in [-0.2, -0.15) is 0 Å². The standard InChI is InChI=1S/C26H34N2O4S/c1-4-12-27(16-21(29)18-31-14-5-2)17-26(30)28-13-10-25-22(11-15-33-25)23(28)19-32-24-9-7-6-8-20(24)3/h2,6-9,11,15,21,23,29H,4,10,12-14,16-19H2,1,3H3/t21-,23+/m0/s1. The maximum Gasteiger partial charge on any atom is 0.237 e. The lowest BCUT2D eigenvalue weighted by atomic mass is 10.00. The van der Waals surface area contributed by atoms with Crippen molar-refractivity contribution < 1.29 is 19.4 Å². The van der Waals surface area contributed by atoms with Gasteiger partial charge in [-0.15, -0.1) is 17.8 Å². The Hall–Kier alpha value is -2.37. The molecule has 33 heavy (non-hydrogen) atoms. The number of hydrogen-bond donors (Lipinski definition) is 1. The van der Waals surface area contributed by atoms with Gasteiger partial charge in [0.15, 0.2) is 0 Å². The van der Waals surface area contributed by atoms with Gasteiger partial charge in [-0.05, 0) is 54.9 Å². The molecule has 1 N–H and O–H groups in total. The van der Waals surface area contributed by atoms with Gasteiger partial charge in [0.2, 0.25) is 5.91 Å². The number of ether oxygens (including phenoxy) is 2. The van der Waals surface area contributed by atoms with Crippen LogP contribution in [0, 0.1) is 19.3 Å². The number of hydrogen-bond acceptors (Lipinski definition) is 6. The van der Waals surface area contributed by atoms with Crippen molar-refractivity contribution in [2.75, 3.05) is 46.0 Å². The monoisotopic (exact) mass is 470 g/mol. The van der Waals surface area contributed by atoms with Crippen LogP contribution in [-0.4, -0.2) is 72.9 Å². The minimum absolute atomic E-state index is 0.0513. The van der Waals surface area contributed by atoms with Crippen molar-refractivity contribution in [3.63, 3.8) is 0 Å². The van der Waals surface area contributed by atoms with E-state index >= 15 is 0 Å². The first kappa shape index (κ1) is 25.3. The van der Waals surface area contributed by atoms with Gasteiger partial charge in [0.05, 0.1) is 25.3 Å². The molecule has 0 saturated heterocycles. The molecule has 0 bridgehead atoms. The van der Waals surface area contributed by atoms with Crippen molar-refractivity contribution >= 4 is 17.2 Å². The van der Waals surface area contributed by atoms with Gasteiger partial charge in [0.1, 0.15) is 19.0 Å². The van der Waals surface area contributed by atoms with Crippen molar-refractivity contribution in [1.82, 2.24) is 9.80 Å². The molecular formula is C26H34N2O4S. The zero-order valence-electron chi connectivity index (χ0n) is 19.5. The molecule has 6 nitrogen and oxygen atoms in total. The Kier molecular flexibility index (Phi) is 9.76. The maximum atomic E-state index is 13.4. The number of carbonyl (C=O) groups excluding carboxylic acids is 1. The van der Waals surface area contributed by atoms with Gasteiger partial charge in [-0.1, -0.05) is 31.0 Å². The summed E-state index contributed by atoms with van der Waals surface area (Å²) in [7, 11) is 0. The quantitative estimate of drug-likeness (QED) is 0.381. The third-order valence-corrected chi connectivity index (χ3v) is 6.77. The minimum atomic E-state index is -0.692. The molecule has 178 valence electrons. The molecule has 3 rings (SSSR count). The second-order valence-corrected chi connectivity index (χ2v) is 9.34. The Morgan fingerprint density at radius 2 is 2.21 bits per heavy atom. The number of benzene rings is 1. The summed E-state index contributed by atoms with van der Waals surface area (Å²) in [6.07, 6.45) is 6.25. The topological polar surface area (TPSA) is 62.2 Å². The molecule has 0 aliphatic carbocycles. The maximum absolute atomic E-state index is 13.4. The molecule has 7 heteroatoms. The molecule has 2 aromatic rings. The van der Waals surface area contributed by atoms with Crippen molar-refractivity contribution in [2.24, 2.45) is 0 Å². The molecule has 0 unspecified atom stereocenters. The highest BCUT2D eigenvalue weighted by Crippen LogP contribution is 2.34. The fourth-order valence-corrected chi connectivity index (χ4v) is 5.13. The Balaban J connectivity index is 1.68. The van der Waals surface area contributed by atoms with E-state index in [2.05, 4.69) is 24.3 Å². The zero-order valence-corrected chi connectivity index (χ0v) is 20.4. The molecule has 1 aliphatic heterocycles. The number of aliphatic hydroxyl groups excluding tert-OH is 1. The highest BCUT2D eigenvalue weighted by atomic mass is 32.1. The predicted octanol–water partition coefficient (Wildman–Crippen LogP) is 3.28. The molecular weight excluding hydrogens is 436 g/mol. The number of rotatable bonds is 12. The Morgan fingerprint density at radius 1 is 1.39 bits per heavy atom. The van der Waals surface area contributed by atoms with E-state index in [0.717, 1.165) is 30.7 Å². The van der Waals surface area contributed by atoms with E-state index in [1.165, 1.54) is 10.4 Å². The van der Waals surface area contributed by atoms with Crippen LogP contribution in [0.15, 0.2) is 35.7 Å². The van der Waals surface area contributed by atoms with Crippen LogP contribution in [0.2, 0.25) is 0 Å². The third kappa shape index (κ3) is 7.05. The lowest BCUT2D eigenvalue weighted by Gasteiger charge is -2.37. The Labute approximate surface area is 201 Å². The molecule has 1 aromatic carbocycles. The summed E-state index contributed by atoms with van der Waals surface area (Å²) < 4.78 is 11.4. The summed E-state index contributed by atoms with van der Waals surface area (Å²) in [5.41, 5.74) is 2.25. The largest absolute Gasteiger partial charge is 0.491 e. The number of fused-ring (bicyclic) bond motifs is 1. The van der Waals surface area contributed by atoms with Crippen molar-refractivity contribution in [2.45, 2.75) is 38.8 Å². The van der Waals surface area contributed by atoms with Crippen molar-refractivity contribution in [3.8, 4) is 18.1 Å². The first-order chi connectivity index (χ1) is 16.0. The van der Waals surface area contributed by atoms with Crippen LogP contribution >= 0.6 is 11.3 Å². The second kappa shape index (κ2) is 12.8. The van der Waals surface area contributed by atoms with Gasteiger partial charge < -0.3 is 19.5 Å². The van der Waals surface area contributed by atoms with Crippen LogP contribution in [-0.2, 0) is 16.0 Å². The van der Waals surface area contributed by atoms with Crippen LogP contribution in [0.1, 0.15) is 35.4 Å². The third-order valence-electron chi connectivity index (χ3n) is 5.77. The molecule has 1 aromatic heterocycles. The van der Waals surface area contributed by atoms with E-state index < -0.39 is 6.10 Å².